The molecule has 0 spiro atoms. The summed E-state index contributed by atoms with van der Waals surface area (Å²) in [5.74, 6) is 0.361. The molecule has 29 heavy (non-hydrogen) atoms. The maximum absolute atomic E-state index is 10.5. The van der Waals surface area contributed by atoms with Gasteiger partial charge in [-0.05, 0) is 55.7 Å². The number of benzene rings is 1. The zero-order chi connectivity index (χ0) is 20.8. The van der Waals surface area contributed by atoms with Crippen molar-refractivity contribution in [1.29, 1.82) is 0 Å². The quantitative estimate of drug-likeness (QED) is 0.332. The summed E-state index contributed by atoms with van der Waals surface area (Å²) in [6.45, 7) is 2.20. The van der Waals surface area contributed by atoms with Crippen LogP contribution in [0.5, 0.6) is 5.75 Å². The molecule has 0 heterocycles. The molecule has 7 heteroatoms. The van der Waals surface area contributed by atoms with Crippen molar-refractivity contribution in [1.82, 2.24) is 0 Å². The van der Waals surface area contributed by atoms with Gasteiger partial charge in [0.2, 0.25) is 0 Å². The van der Waals surface area contributed by atoms with E-state index in [0.717, 1.165) is 29.9 Å². The van der Waals surface area contributed by atoms with Crippen LogP contribution in [0.25, 0.3) is 0 Å². The van der Waals surface area contributed by atoms with Gasteiger partial charge in [0, 0.05) is 5.92 Å². The van der Waals surface area contributed by atoms with E-state index in [9.17, 15) is 15.0 Å². The number of aliphatic hydroxyl groups is 2. The summed E-state index contributed by atoms with van der Waals surface area (Å²) in [6, 6.07) is 7.66. The molecule has 0 aromatic heterocycles. The Bertz CT molecular complexity index is 761. The number of nitrogens with zero attached hydrogens (tertiary/aromatic N) is 1. The molecule has 0 saturated heterocycles. The highest BCUT2D eigenvalue weighted by Gasteiger charge is 2.46. The van der Waals surface area contributed by atoms with Crippen LogP contribution in [0, 0.1) is 24.7 Å². The molecule has 0 radical (unpaired) electrons. The predicted molar refractivity (Wildman–Crippen MR) is 108 cm³/mol. The Morgan fingerprint density at radius 2 is 2.21 bits per heavy atom. The first kappa shape index (κ1) is 21.3. The maximum atomic E-state index is 10.5. The van der Waals surface area contributed by atoms with Gasteiger partial charge in [-0.1, -0.05) is 29.4 Å². The van der Waals surface area contributed by atoms with E-state index in [1.165, 1.54) is 0 Å². The summed E-state index contributed by atoms with van der Waals surface area (Å²) in [6.07, 6.45) is 4.52. The summed E-state index contributed by atoms with van der Waals surface area (Å²) in [5, 5.41) is 33.3. The standard InChI is InChI=1S/C22H29NO6/c1-14-3-2-4-18(9-14)28-13-17(24)5-6-19-20-12-16(10-15(20)11-21(19)25)23-29-8-7-22(26)27/h2-6,9,15,17,19-21,24-25H,7-8,10-13H2,1H3,(H,26,27)/t15-,17?,19+,20+,21-/m0/s1. The number of carboxylic acid groups (broad SMARTS) is 1. The SMILES string of the molecule is Cc1cccc(OCC(O)C=C[C@@H]2[C@@H]3CC(=NOCCC(=O)O)C[C@H]3C[C@@H]2O)c1. The van der Waals surface area contributed by atoms with E-state index in [4.69, 9.17) is 14.7 Å². The van der Waals surface area contributed by atoms with Crippen molar-refractivity contribution in [2.24, 2.45) is 22.9 Å². The van der Waals surface area contributed by atoms with Crippen molar-refractivity contribution in [3.63, 3.8) is 0 Å². The lowest BCUT2D eigenvalue weighted by atomic mass is 9.90. The van der Waals surface area contributed by atoms with Gasteiger partial charge in [-0.15, -0.1) is 0 Å². The number of carboxylic acids is 1. The monoisotopic (exact) mass is 403 g/mol. The van der Waals surface area contributed by atoms with Gasteiger partial charge in [0.25, 0.3) is 0 Å². The van der Waals surface area contributed by atoms with E-state index in [-0.39, 0.29) is 31.5 Å². The van der Waals surface area contributed by atoms with Gasteiger partial charge >= 0.3 is 5.97 Å². The van der Waals surface area contributed by atoms with Crippen LogP contribution >= 0.6 is 0 Å². The van der Waals surface area contributed by atoms with Crippen LogP contribution in [0.3, 0.4) is 0 Å². The fraction of sp³-hybridized carbons (Fsp3) is 0.545. The first-order valence-electron chi connectivity index (χ1n) is 10.1. The molecule has 2 aliphatic rings. The summed E-state index contributed by atoms with van der Waals surface area (Å²) in [5.41, 5.74) is 2.01. The van der Waals surface area contributed by atoms with Gasteiger partial charge in [0.1, 0.15) is 25.1 Å². The van der Waals surface area contributed by atoms with E-state index in [0.29, 0.717) is 12.3 Å². The van der Waals surface area contributed by atoms with Crippen molar-refractivity contribution in [3.8, 4) is 5.75 Å². The molecule has 2 aliphatic carbocycles. The van der Waals surface area contributed by atoms with E-state index < -0.39 is 18.2 Å². The number of hydrogen-bond donors (Lipinski definition) is 3. The average molecular weight is 403 g/mol. The van der Waals surface area contributed by atoms with Crippen molar-refractivity contribution >= 4 is 11.7 Å². The van der Waals surface area contributed by atoms with Crippen molar-refractivity contribution in [2.45, 2.75) is 44.8 Å². The lowest BCUT2D eigenvalue weighted by molar-refractivity contribution is -0.138. The molecule has 3 N–H and O–H groups in total. The molecule has 2 saturated carbocycles. The Balaban J connectivity index is 1.49. The third-order valence-electron chi connectivity index (χ3n) is 5.62. The minimum atomic E-state index is -0.910. The third-order valence-corrected chi connectivity index (χ3v) is 5.62. The fourth-order valence-electron chi connectivity index (χ4n) is 4.25. The second-order valence-corrected chi connectivity index (χ2v) is 7.93. The Morgan fingerprint density at radius 3 is 2.97 bits per heavy atom. The highest BCUT2D eigenvalue weighted by molar-refractivity contribution is 5.86. The smallest absolute Gasteiger partial charge is 0.306 e. The summed E-state index contributed by atoms with van der Waals surface area (Å²) < 4.78 is 5.62. The molecule has 3 rings (SSSR count). The van der Waals surface area contributed by atoms with Crippen LogP contribution in [-0.4, -0.2) is 52.4 Å². The molecular weight excluding hydrogens is 374 g/mol. The average Bonchev–Trinajstić information content (AvgIpc) is 3.18. The Kier molecular flexibility index (Phi) is 7.28. The van der Waals surface area contributed by atoms with Crippen LogP contribution in [0.4, 0.5) is 0 Å². The zero-order valence-electron chi connectivity index (χ0n) is 16.6. The molecule has 0 amide bonds. The van der Waals surface area contributed by atoms with Crippen LogP contribution in [0.15, 0.2) is 41.6 Å². The number of aryl methyl sites for hydroxylation is 1. The Labute approximate surface area is 170 Å². The number of rotatable bonds is 9. The number of aliphatic carboxylic acids is 1. The number of oxime groups is 1. The van der Waals surface area contributed by atoms with E-state index in [2.05, 4.69) is 5.16 Å². The molecule has 1 aromatic carbocycles. The topological polar surface area (TPSA) is 109 Å². The van der Waals surface area contributed by atoms with Gasteiger partial charge < -0.3 is 24.9 Å². The minimum Gasteiger partial charge on any atom is -0.491 e. The molecule has 0 bridgehead atoms. The highest BCUT2D eigenvalue weighted by Crippen LogP contribution is 2.47. The maximum Gasteiger partial charge on any atom is 0.306 e. The lowest BCUT2D eigenvalue weighted by Gasteiger charge is -2.17. The summed E-state index contributed by atoms with van der Waals surface area (Å²) in [4.78, 5) is 15.6. The zero-order valence-corrected chi connectivity index (χ0v) is 16.6. The molecule has 0 aliphatic heterocycles. The predicted octanol–water partition coefficient (Wildman–Crippen LogP) is 2.55. The van der Waals surface area contributed by atoms with E-state index in [1.807, 2.05) is 37.3 Å². The van der Waals surface area contributed by atoms with E-state index >= 15 is 0 Å². The highest BCUT2D eigenvalue weighted by atomic mass is 16.6. The van der Waals surface area contributed by atoms with Crippen LogP contribution in [0.2, 0.25) is 0 Å². The lowest BCUT2D eigenvalue weighted by Crippen LogP contribution is -2.20. The van der Waals surface area contributed by atoms with Crippen molar-refractivity contribution < 1.29 is 29.7 Å². The van der Waals surface area contributed by atoms with Gasteiger partial charge in [-0.3, -0.25) is 4.79 Å². The van der Waals surface area contributed by atoms with Crippen LogP contribution in [0.1, 0.15) is 31.2 Å². The molecule has 5 atom stereocenters. The third kappa shape index (κ3) is 6.05. The fourth-order valence-corrected chi connectivity index (χ4v) is 4.25. The second-order valence-electron chi connectivity index (χ2n) is 7.93. The van der Waals surface area contributed by atoms with Crippen LogP contribution in [-0.2, 0) is 9.63 Å². The number of aliphatic hydroxyl groups excluding tert-OH is 2. The number of hydrogen-bond acceptors (Lipinski definition) is 6. The molecule has 1 unspecified atom stereocenters. The first-order chi connectivity index (χ1) is 13.9. The van der Waals surface area contributed by atoms with E-state index in [1.54, 1.807) is 6.08 Å². The number of carbonyl (C=O) groups is 1. The second kappa shape index (κ2) is 9.89. The molecule has 1 aromatic rings. The Hall–Kier alpha value is -2.38. The number of fused-ring (bicyclic) bond motifs is 1. The summed E-state index contributed by atoms with van der Waals surface area (Å²) >= 11 is 0. The number of ether oxygens (including phenoxy) is 1. The van der Waals surface area contributed by atoms with Gasteiger partial charge in [-0.25, -0.2) is 0 Å². The first-order valence-corrected chi connectivity index (χ1v) is 10.1. The molecular formula is C22H29NO6. The van der Waals surface area contributed by atoms with Crippen molar-refractivity contribution in [3.05, 3.63) is 42.0 Å². The molecule has 158 valence electrons. The Morgan fingerprint density at radius 1 is 1.38 bits per heavy atom. The minimum absolute atomic E-state index is 0.0414. The van der Waals surface area contributed by atoms with Gasteiger partial charge in [-0.2, -0.15) is 0 Å². The largest absolute Gasteiger partial charge is 0.491 e. The normalized spacial score (nSPS) is 28.6. The summed E-state index contributed by atoms with van der Waals surface area (Å²) in [7, 11) is 0. The molecule has 2 fully saturated rings. The van der Waals surface area contributed by atoms with Crippen LogP contribution < -0.4 is 4.74 Å². The van der Waals surface area contributed by atoms with Gasteiger partial charge in [0.05, 0.1) is 18.2 Å². The van der Waals surface area contributed by atoms with Gasteiger partial charge in [0.15, 0.2) is 0 Å². The van der Waals surface area contributed by atoms with Crippen molar-refractivity contribution in [2.75, 3.05) is 13.2 Å². The molecule has 7 nitrogen and oxygen atoms in total.